The zero-order valence-electron chi connectivity index (χ0n) is 9.44. The van der Waals surface area contributed by atoms with E-state index in [0.717, 1.165) is 12.8 Å². The summed E-state index contributed by atoms with van der Waals surface area (Å²) in [6.07, 6.45) is 8.85. The van der Waals surface area contributed by atoms with E-state index >= 15 is 0 Å². The lowest BCUT2D eigenvalue weighted by molar-refractivity contribution is 0.478. The van der Waals surface area contributed by atoms with Crippen LogP contribution in [0.25, 0.3) is 0 Å². The minimum atomic E-state index is -3.73. The molecule has 15 heavy (non-hydrogen) atoms. The standard InChI is InChI=1S/C10H22O3S.FH/c1-2-3-4-5-6-7-8-9-10-14(11,12)13;/h2-10H2,1H3,(H,11,12,13);1H. The molecular weight excluding hydrogens is 219 g/mol. The molecule has 0 saturated carbocycles. The van der Waals surface area contributed by atoms with E-state index in [1.54, 1.807) is 0 Å². The van der Waals surface area contributed by atoms with Gasteiger partial charge in [-0.2, -0.15) is 8.42 Å². The topological polar surface area (TPSA) is 54.4 Å². The van der Waals surface area contributed by atoms with Gasteiger partial charge in [-0.25, -0.2) is 0 Å². The number of rotatable bonds is 9. The van der Waals surface area contributed by atoms with Gasteiger partial charge in [0.2, 0.25) is 0 Å². The van der Waals surface area contributed by atoms with Crippen molar-refractivity contribution in [2.24, 2.45) is 0 Å². The SMILES string of the molecule is CCCCCCCCCCS(=O)(=O)O.F. The van der Waals surface area contributed by atoms with Gasteiger partial charge in [-0.05, 0) is 6.42 Å². The van der Waals surface area contributed by atoms with Crippen LogP contribution in [0.1, 0.15) is 58.3 Å². The van der Waals surface area contributed by atoms with Crippen LogP contribution in [0.15, 0.2) is 0 Å². The Bertz CT molecular complexity index is 215. The molecule has 94 valence electrons. The second kappa shape index (κ2) is 10.4. The van der Waals surface area contributed by atoms with Crippen LogP contribution in [0.2, 0.25) is 0 Å². The Balaban J connectivity index is 0. The van der Waals surface area contributed by atoms with Crippen molar-refractivity contribution in [1.82, 2.24) is 0 Å². The third-order valence-corrected chi connectivity index (χ3v) is 3.06. The van der Waals surface area contributed by atoms with E-state index < -0.39 is 10.1 Å². The van der Waals surface area contributed by atoms with Crippen molar-refractivity contribution < 1.29 is 17.7 Å². The Kier molecular flexibility index (Phi) is 11.9. The van der Waals surface area contributed by atoms with Crippen molar-refractivity contribution >= 4 is 10.1 Å². The third-order valence-electron chi connectivity index (χ3n) is 2.26. The molecular formula is C10H23FO3S. The molecule has 0 aliphatic carbocycles. The summed E-state index contributed by atoms with van der Waals surface area (Å²) >= 11 is 0. The Morgan fingerprint density at radius 1 is 0.867 bits per heavy atom. The highest BCUT2D eigenvalue weighted by Gasteiger charge is 2.02. The molecule has 0 aliphatic rings. The Hall–Kier alpha value is -0.160. The fourth-order valence-electron chi connectivity index (χ4n) is 1.42. The highest BCUT2D eigenvalue weighted by Crippen LogP contribution is 2.08. The van der Waals surface area contributed by atoms with Crippen molar-refractivity contribution in [1.29, 1.82) is 0 Å². The van der Waals surface area contributed by atoms with E-state index in [1.165, 1.54) is 32.1 Å². The number of hydrogen-bond donors (Lipinski definition) is 1. The van der Waals surface area contributed by atoms with E-state index in [-0.39, 0.29) is 10.5 Å². The molecule has 0 aromatic heterocycles. The summed E-state index contributed by atoms with van der Waals surface area (Å²) < 4.78 is 29.2. The van der Waals surface area contributed by atoms with Crippen LogP contribution in [-0.2, 0) is 10.1 Å². The molecule has 0 fully saturated rings. The minimum Gasteiger partial charge on any atom is -0.286 e. The van der Waals surface area contributed by atoms with Gasteiger partial charge in [-0.3, -0.25) is 9.26 Å². The molecule has 5 heteroatoms. The van der Waals surface area contributed by atoms with Crippen molar-refractivity contribution in [3.63, 3.8) is 0 Å². The summed E-state index contributed by atoms with van der Waals surface area (Å²) in [5, 5.41) is 0. The fraction of sp³-hybridized carbons (Fsp3) is 1.00. The van der Waals surface area contributed by atoms with Crippen molar-refractivity contribution in [2.45, 2.75) is 58.3 Å². The lowest BCUT2D eigenvalue weighted by Gasteiger charge is -2.00. The molecule has 0 aromatic rings. The van der Waals surface area contributed by atoms with Crippen molar-refractivity contribution in [2.75, 3.05) is 5.75 Å². The maximum atomic E-state index is 10.4. The Labute approximate surface area is 92.4 Å². The first-order valence-electron chi connectivity index (χ1n) is 5.51. The maximum absolute atomic E-state index is 10.4. The van der Waals surface area contributed by atoms with E-state index in [9.17, 15) is 8.42 Å². The molecule has 0 rings (SSSR count). The third kappa shape index (κ3) is 16.5. The van der Waals surface area contributed by atoms with Gasteiger partial charge in [0.1, 0.15) is 0 Å². The summed E-state index contributed by atoms with van der Waals surface area (Å²) in [4.78, 5) is 0. The van der Waals surface area contributed by atoms with Gasteiger partial charge in [0, 0.05) is 0 Å². The minimum absolute atomic E-state index is 0. The van der Waals surface area contributed by atoms with Gasteiger partial charge >= 0.3 is 0 Å². The Morgan fingerprint density at radius 2 is 1.27 bits per heavy atom. The first-order chi connectivity index (χ1) is 6.56. The van der Waals surface area contributed by atoms with Crippen LogP contribution in [0.3, 0.4) is 0 Å². The van der Waals surface area contributed by atoms with Crippen LogP contribution in [0.4, 0.5) is 4.70 Å². The second-order valence-corrected chi connectivity index (χ2v) is 5.33. The van der Waals surface area contributed by atoms with Gasteiger partial charge in [0.25, 0.3) is 10.1 Å². The molecule has 0 amide bonds. The van der Waals surface area contributed by atoms with Gasteiger partial charge in [0.05, 0.1) is 5.75 Å². The smallest absolute Gasteiger partial charge is 0.264 e. The van der Waals surface area contributed by atoms with Crippen LogP contribution >= 0.6 is 0 Å². The average molecular weight is 242 g/mol. The average Bonchev–Trinajstić information content (AvgIpc) is 2.08. The molecule has 0 spiro atoms. The van der Waals surface area contributed by atoms with Crippen molar-refractivity contribution in [3.8, 4) is 0 Å². The van der Waals surface area contributed by atoms with Gasteiger partial charge < -0.3 is 0 Å². The summed E-state index contributed by atoms with van der Waals surface area (Å²) in [7, 11) is -3.73. The molecule has 0 unspecified atom stereocenters. The highest BCUT2D eigenvalue weighted by atomic mass is 32.2. The number of halogens is 1. The highest BCUT2D eigenvalue weighted by molar-refractivity contribution is 7.85. The molecule has 1 N–H and O–H groups in total. The number of hydrogen-bond acceptors (Lipinski definition) is 2. The second-order valence-electron chi connectivity index (χ2n) is 3.76. The summed E-state index contributed by atoms with van der Waals surface area (Å²) in [5.41, 5.74) is 0. The molecule has 0 heterocycles. The molecule has 3 nitrogen and oxygen atoms in total. The fourth-order valence-corrected chi connectivity index (χ4v) is 1.99. The summed E-state index contributed by atoms with van der Waals surface area (Å²) in [5.74, 6) is -0.0814. The predicted octanol–water partition coefficient (Wildman–Crippen LogP) is 3.17. The van der Waals surface area contributed by atoms with Crippen LogP contribution in [0.5, 0.6) is 0 Å². The molecule has 0 aromatic carbocycles. The van der Waals surface area contributed by atoms with E-state index in [2.05, 4.69) is 6.92 Å². The van der Waals surface area contributed by atoms with Crippen LogP contribution in [-0.4, -0.2) is 18.7 Å². The van der Waals surface area contributed by atoms with Crippen LogP contribution < -0.4 is 0 Å². The molecule has 0 saturated heterocycles. The zero-order chi connectivity index (χ0) is 10.9. The van der Waals surface area contributed by atoms with Gasteiger partial charge in [-0.1, -0.05) is 51.9 Å². The van der Waals surface area contributed by atoms with Gasteiger partial charge in [-0.15, -0.1) is 0 Å². The zero-order valence-corrected chi connectivity index (χ0v) is 10.3. The van der Waals surface area contributed by atoms with E-state index in [4.69, 9.17) is 4.55 Å². The Morgan fingerprint density at radius 3 is 1.67 bits per heavy atom. The van der Waals surface area contributed by atoms with E-state index in [0.29, 0.717) is 6.42 Å². The monoisotopic (exact) mass is 242 g/mol. The van der Waals surface area contributed by atoms with E-state index in [1.807, 2.05) is 0 Å². The summed E-state index contributed by atoms with van der Waals surface area (Å²) in [6, 6.07) is 0. The van der Waals surface area contributed by atoms with Crippen LogP contribution in [0, 0.1) is 0 Å². The lowest BCUT2D eigenvalue weighted by atomic mass is 10.1. The first kappa shape index (κ1) is 17.2. The quantitative estimate of drug-likeness (QED) is 0.499. The number of unbranched alkanes of at least 4 members (excludes halogenated alkanes) is 7. The normalized spacial score (nSPS) is 11.1. The predicted molar refractivity (Wildman–Crippen MR) is 61.5 cm³/mol. The molecule has 0 radical (unpaired) electrons. The molecule has 0 atom stereocenters. The molecule has 0 bridgehead atoms. The summed E-state index contributed by atoms with van der Waals surface area (Å²) in [6.45, 7) is 2.19. The largest absolute Gasteiger partial charge is 0.286 e. The van der Waals surface area contributed by atoms with Gasteiger partial charge in [0.15, 0.2) is 0 Å². The lowest BCUT2D eigenvalue weighted by Crippen LogP contribution is -2.03. The maximum Gasteiger partial charge on any atom is 0.264 e. The first-order valence-corrected chi connectivity index (χ1v) is 7.12. The molecule has 0 aliphatic heterocycles. The van der Waals surface area contributed by atoms with Crippen molar-refractivity contribution in [3.05, 3.63) is 0 Å².